The van der Waals surface area contributed by atoms with Crippen LogP contribution in [0.25, 0.3) is 0 Å². The molecule has 1 aliphatic heterocycles. The van der Waals surface area contributed by atoms with Crippen LogP contribution in [0.15, 0.2) is 34.2 Å². The van der Waals surface area contributed by atoms with Gasteiger partial charge in [0.15, 0.2) is 5.16 Å². The lowest BCUT2D eigenvalue weighted by Gasteiger charge is -2.15. The lowest BCUT2D eigenvalue weighted by atomic mass is 10.2. The molecule has 1 unspecified atom stereocenters. The number of anilines is 1. The number of hydrogen-bond donors (Lipinski definition) is 1. The molecule has 0 saturated carbocycles. The quantitative estimate of drug-likeness (QED) is 0.760. The molecule has 6 nitrogen and oxygen atoms in total. The van der Waals surface area contributed by atoms with Crippen molar-refractivity contribution in [3.8, 4) is 5.75 Å². The molecular weight excluding hydrogens is 374 g/mol. The largest absolute Gasteiger partial charge is 0.495 e. The lowest BCUT2D eigenvalue weighted by Crippen LogP contribution is -2.27. The summed E-state index contributed by atoms with van der Waals surface area (Å²) < 4.78 is 6.86. The van der Waals surface area contributed by atoms with Crippen LogP contribution in [-0.2, 0) is 11.2 Å². The average molecular weight is 394 g/mol. The molecular formula is C18H20ClN3O3S. The second kappa shape index (κ2) is 8.14. The van der Waals surface area contributed by atoms with Crippen LogP contribution in [0.1, 0.15) is 31.5 Å². The zero-order valence-corrected chi connectivity index (χ0v) is 16.2. The number of nitrogens with zero attached hydrogens (tertiary/aromatic N) is 2. The predicted octanol–water partition coefficient (Wildman–Crippen LogP) is 3.53. The topological polar surface area (TPSA) is 73.2 Å². The van der Waals surface area contributed by atoms with Crippen molar-refractivity contribution in [1.82, 2.24) is 9.55 Å². The molecule has 0 bridgehead atoms. The number of hydrogen-bond acceptors (Lipinski definition) is 5. The Morgan fingerprint density at radius 1 is 1.46 bits per heavy atom. The SMILES string of the molecule is CCCc1cc(=O)n2c(n1)SCC2CC(=O)Nc1cc(Cl)ccc1OC. The highest BCUT2D eigenvalue weighted by Gasteiger charge is 2.28. The Morgan fingerprint density at radius 2 is 2.27 bits per heavy atom. The number of carbonyl (C=O) groups is 1. The van der Waals surface area contributed by atoms with Crippen molar-refractivity contribution in [3.63, 3.8) is 0 Å². The molecule has 1 amide bonds. The zero-order chi connectivity index (χ0) is 18.7. The minimum Gasteiger partial charge on any atom is -0.495 e. The molecule has 0 spiro atoms. The minimum atomic E-state index is -0.212. The summed E-state index contributed by atoms with van der Waals surface area (Å²) in [5, 5.41) is 4.02. The van der Waals surface area contributed by atoms with Gasteiger partial charge in [-0.15, -0.1) is 0 Å². The zero-order valence-electron chi connectivity index (χ0n) is 14.6. The van der Waals surface area contributed by atoms with Crippen LogP contribution in [0.3, 0.4) is 0 Å². The number of thioether (sulfide) groups is 1. The van der Waals surface area contributed by atoms with Crippen LogP contribution < -0.4 is 15.6 Å². The molecule has 138 valence electrons. The van der Waals surface area contributed by atoms with Gasteiger partial charge in [0.25, 0.3) is 5.56 Å². The van der Waals surface area contributed by atoms with Crippen molar-refractivity contribution in [1.29, 1.82) is 0 Å². The van der Waals surface area contributed by atoms with Crippen LogP contribution in [0.2, 0.25) is 5.02 Å². The Kier molecular flexibility index (Phi) is 5.88. The van der Waals surface area contributed by atoms with Crippen molar-refractivity contribution in [2.75, 3.05) is 18.2 Å². The molecule has 26 heavy (non-hydrogen) atoms. The number of ether oxygens (including phenoxy) is 1. The monoisotopic (exact) mass is 393 g/mol. The van der Waals surface area contributed by atoms with E-state index in [-0.39, 0.29) is 23.9 Å². The van der Waals surface area contributed by atoms with Crippen LogP contribution in [0.5, 0.6) is 5.75 Å². The summed E-state index contributed by atoms with van der Waals surface area (Å²) in [5.74, 6) is 0.985. The van der Waals surface area contributed by atoms with E-state index in [1.807, 2.05) is 0 Å². The van der Waals surface area contributed by atoms with Crippen molar-refractivity contribution in [2.24, 2.45) is 0 Å². The number of nitrogens with one attached hydrogen (secondary N) is 1. The fourth-order valence-corrected chi connectivity index (χ4v) is 4.27. The highest BCUT2D eigenvalue weighted by Crippen LogP contribution is 2.33. The van der Waals surface area contributed by atoms with Gasteiger partial charge in [-0.1, -0.05) is 36.7 Å². The summed E-state index contributed by atoms with van der Waals surface area (Å²) >= 11 is 7.51. The van der Waals surface area contributed by atoms with E-state index < -0.39 is 0 Å². The highest BCUT2D eigenvalue weighted by molar-refractivity contribution is 7.99. The predicted molar refractivity (Wildman–Crippen MR) is 104 cm³/mol. The molecule has 1 atom stereocenters. The molecule has 1 aromatic carbocycles. The third-order valence-corrected chi connectivity index (χ3v) is 5.44. The van der Waals surface area contributed by atoms with Gasteiger partial charge in [-0.05, 0) is 24.6 Å². The molecule has 1 aliphatic rings. The van der Waals surface area contributed by atoms with E-state index in [4.69, 9.17) is 16.3 Å². The first-order chi connectivity index (χ1) is 12.5. The van der Waals surface area contributed by atoms with E-state index in [0.29, 0.717) is 27.4 Å². The molecule has 1 N–H and O–H groups in total. The van der Waals surface area contributed by atoms with E-state index in [9.17, 15) is 9.59 Å². The van der Waals surface area contributed by atoms with E-state index >= 15 is 0 Å². The standard InChI is InChI=1S/C18H20ClN3O3S/c1-3-4-12-8-17(24)22-13(10-26-18(22)20-12)9-16(23)21-14-7-11(19)5-6-15(14)25-2/h5-8,13H,3-4,9-10H2,1-2H3,(H,21,23). The van der Waals surface area contributed by atoms with Crippen molar-refractivity contribution in [2.45, 2.75) is 37.4 Å². The summed E-state index contributed by atoms with van der Waals surface area (Å²) in [6.45, 7) is 2.05. The summed E-state index contributed by atoms with van der Waals surface area (Å²) in [5.41, 5.74) is 1.23. The number of aromatic nitrogens is 2. The van der Waals surface area contributed by atoms with Gasteiger partial charge in [0.1, 0.15) is 5.75 Å². The normalized spacial score (nSPS) is 15.6. The smallest absolute Gasteiger partial charge is 0.254 e. The van der Waals surface area contributed by atoms with Crippen LogP contribution in [0.4, 0.5) is 5.69 Å². The number of halogens is 1. The molecule has 8 heteroatoms. The Labute approximate surface area is 160 Å². The molecule has 3 rings (SSSR count). The van der Waals surface area contributed by atoms with E-state index in [0.717, 1.165) is 18.5 Å². The molecule has 0 aliphatic carbocycles. The third kappa shape index (κ3) is 4.04. The van der Waals surface area contributed by atoms with Gasteiger partial charge in [-0.3, -0.25) is 14.2 Å². The highest BCUT2D eigenvalue weighted by atomic mass is 35.5. The van der Waals surface area contributed by atoms with Gasteiger partial charge >= 0.3 is 0 Å². The number of aryl methyl sites for hydroxylation is 1. The molecule has 0 radical (unpaired) electrons. The average Bonchev–Trinajstić information content (AvgIpc) is 2.98. The number of rotatable bonds is 6. The van der Waals surface area contributed by atoms with Crippen molar-refractivity contribution >= 4 is 35.0 Å². The molecule has 0 saturated heterocycles. The van der Waals surface area contributed by atoms with E-state index in [1.165, 1.54) is 18.9 Å². The van der Waals surface area contributed by atoms with Gasteiger partial charge in [0, 0.05) is 29.0 Å². The summed E-state index contributed by atoms with van der Waals surface area (Å²) in [4.78, 5) is 29.5. The summed E-state index contributed by atoms with van der Waals surface area (Å²) in [7, 11) is 1.53. The van der Waals surface area contributed by atoms with Crippen LogP contribution in [0, 0.1) is 0 Å². The first kappa shape index (κ1) is 18.8. The van der Waals surface area contributed by atoms with Gasteiger partial charge in [-0.2, -0.15) is 0 Å². The molecule has 2 heterocycles. The number of amides is 1. The van der Waals surface area contributed by atoms with Gasteiger partial charge in [0.05, 0.1) is 18.8 Å². The summed E-state index contributed by atoms with van der Waals surface area (Å²) in [6, 6.07) is 6.39. The fourth-order valence-electron chi connectivity index (χ4n) is 2.93. The lowest BCUT2D eigenvalue weighted by molar-refractivity contribution is -0.116. The Balaban J connectivity index is 1.75. The maximum absolute atomic E-state index is 12.5. The Hall–Kier alpha value is -1.99. The van der Waals surface area contributed by atoms with Crippen molar-refractivity contribution in [3.05, 3.63) is 45.3 Å². The Morgan fingerprint density at radius 3 is 3.00 bits per heavy atom. The minimum absolute atomic E-state index is 0.0958. The first-order valence-electron chi connectivity index (χ1n) is 8.40. The fraction of sp³-hybridized carbons (Fsp3) is 0.389. The number of methoxy groups -OCH3 is 1. The van der Waals surface area contributed by atoms with Crippen molar-refractivity contribution < 1.29 is 9.53 Å². The first-order valence-corrected chi connectivity index (χ1v) is 9.76. The number of carbonyl (C=O) groups excluding carboxylic acids is 1. The third-order valence-electron chi connectivity index (χ3n) is 4.11. The van der Waals surface area contributed by atoms with E-state index in [2.05, 4.69) is 17.2 Å². The Bertz CT molecular complexity index is 884. The summed E-state index contributed by atoms with van der Waals surface area (Å²) in [6.07, 6.45) is 1.90. The van der Waals surface area contributed by atoms with E-state index in [1.54, 1.807) is 28.8 Å². The molecule has 2 aromatic rings. The second-order valence-electron chi connectivity index (χ2n) is 6.05. The van der Waals surface area contributed by atoms with Crippen LogP contribution in [-0.4, -0.2) is 28.3 Å². The second-order valence-corrected chi connectivity index (χ2v) is 7.47. The van der Waals surface area contributed by atoms with Gasteiger partial charge in [-0.25, -0.2) is 4.98 Å². The maximum atomic E-state index is 12.5. The number of fused-ring (bicyclic) bond motifs is 1. The van der Waals surface area contributed by atoms with Gasteiger partial charge < -0.3 is 10.1 Å². The molecule has 1 aromatic heterocycles. The maximum Gasteiger partial charge on any atom is 0.254 e. The number of benzene rings is 1. The van der Waals surface area contributed by atoms with Gasteiger partial charge in [0.2, 0.25) is 5.91 Å². The molecule has 0 fully saturated rings. The van der Waals surface area contributed by atoms with Crippen LogP contribution >= 0.6 is 23.4 Å².